The van der Waals surface area contributed by atoms with Crippen molar-refractivity contribution < 1.29 is 0 Å². The van der Waals surface area contributed by atoms with Crippen LogP contribution in [0.4, 0.5) is 5.69 Å². The molecule has 82 valence electrons. The highest BCUT2D eigenvalue weighted by Gasteiger charge is 2.08. The van der Waals surface area contributed by atoms with Gasteiger partial charge < -0.3 is 4.90 Å². The lowest BCUT2D eigenvalue weighted by molar-refractivity contribution is 1.03. The van der Waals surface area contributed by atoms with Crippen molar-refractivity contribution >= 4 is 29.2 Å². The van der Waals surface area contributed by atoms with Crippen molar-refractivity contribution in [2.45, 2.75) is 13.3 Å². The predicted molar refractivity (Wildman–Crippen MR) is 72.9 cm³/mol. The Morgan fingerprint density at radius 1 is 1.00 bits per heavy atom. The highest BCUT2D eigenvalue weighted by Crippen LogP contribution is 2.23. The Morgan fingerprint density at radius 2 is 1.60 bits per heavy atom. The molecule has 0 atom stereocenters. The fraction of sp³-hybridized carbons (Fsp3) is 0.500. The van der Waals surface area contributed by atoms with Crippen LogP contribution in [0.15, 0.2) is 24.3 Å². The maximum atomic E-state index is 2.47. The second-order valence-corrected chi connectivity index (χ2v) is 5.95. The standard InChI is InChI=1S/C12H17NS2/c1-11-3-5-12(6-4-11)13-9-14-7-2-8-15-10-13/h3-6H,2,7-10H2,1H3. The van der Waals surface area contributed by atoms with E-state index in [-0.39, 0.29) is 0 Å². The average Bonchev–Trinajstić information content (AvgIpc) is 2.19. The van der Waals surface area contributed by atoms with Gasteiger partial charge in [-0.05, 0) is 37.0 Å². The molecule has 3 heteroatoms. The van der Waals surface area contributed by atoms with Crippen LogP contribution in [0.2, 0.25) is 0 Å². The van der Waals surface area contributed by atoms with Crippen molar-refractivity contribution in [3.63, 3.8) is 0 Å². The predicted octanol–water partition coefficient (Wildman–Crippen LogP) is 3.59. The fourth-order valence-corrected chi connectivity index (χ4v) is 3.73. The zero-order valence-corrected chi connectivity index (χ0v) is 10.7. The first-order valence-corrected chi connectivity index (χ1v) is 7.64. The molecule has 1 aliphatic rings. The first kappa shape index (κ1) is 11.2. The largest absolute Gasteiger partial charge is 0.353 e. The first-order chi connectivity index (χ1) is 7.36. The summed E-state index contributed by atoms with van der Waals surface area (Å²) in [5, 5.41) is 0. The summed E-state index contributed by atoms with van der Waals surface area (Å²) >= 11 is 4.10. The molecule has 1 fully saturated rings. The van der Waals surface area contributed by atoms with E-state index in [2.05, 4.69) is 36.1 Å². The van der Waals surface area contributed by atoms with Gasteiger partial charge in [-0.3, -0.25) is 0 Å². The number of nitrogens with zero attached hydrogens (tertiary/aromatic N) is 1. The molecule has 0 saturated carbocycles. The van der Waals surface area contributed by atoms with Crippen LogP contribution in [0.5, 0.6) is 0 Å². The third-order valence-electron chi connectivity index (χ3n) is 2.47. The van der Waals surface area contributed by atoms with Gasteiger partial charge in [-0.1, -0.05) is 17.7 Å². The van der Waals surface area contributed by atoms with E-state index in [9.17, 15) is 0 Å². The minimum absolute atomic E-state index is 1.13. The summed E-state index contributed by atoms with van der Waals surface area (Å²) in [5.41, 5.74) is 2.70. The summed E-state index contributed by atoms with van der Waals surface area (Å²) in [6.07, 6.45) is 1.36. The molecule has 0 amide bonds. The lowest BCUT2D eigenvalue weighted by Crippen LogP contribution is -2.23. The normalized spacial score (nSPS) is 18.3. The molecule has 0 N–H and O–H groups in total. The highest BCUT2D eigenvalue weighted by atomic mass is 32.2. The van der Waals surface area contributed by atoms with E-state index in [0.717, 1.165) is 11.8 Å². The molecular weight excluding hydrogens is 222 g/mol. The second kappa shape index (κ2) is 5.71. The molecule has 1 aromatic carbocycles. The number of rotatable bonds is 1. The molecule has 0 unspecified atom stereocenters. The van der Waals surface area contributed by atoms with Crippen LogP contribution in [0.1, 0.15) is 12.0 Å². The third-order valence-corrected chi connectivity index (χ3v) is 4.61. The molecule has 1 aromatic rings. The van der Waals surface area contributed by atoms with Crippen LogP contribution >= 0.6 is 23.5 Å². The van der Waals surface area contributed by atoms with E-state index in [1.165, 1.54) is 29.2 Å². The first-order valence-electron chi connectivity index (χ1n) is 5.33. The number of anilines is 1. The van der Waals surface area contributed by atoms with Crippen LogP contribution in [-0.4, -0.2) is 23.3 Å². The van der Waals surface area contributed by atoms with Crippen LogP contribution < -0.4 is 4.90 Å². The molecule has 0 aromatic heterocycles. The van der Waals surface area contributed by atoms with Crippen LogP contribution in [0.25, 0.3) is 0 Å². The van der Waals surface area contributed by atoms with Crippen molar-refractivity contribution in [2.75, 3.05) is 28.2 Å². The van der Waals surface area contributed by atoms with E-state index in [1.807, 2.05) is 23.5 Å². The maximum absolute atomic E-state index is 2.47. The Hall–Kier alpha value is -0.280. The Kier molecular flexibility index (Phi) is 4.27. The summed E-state index contributed by atoms with van der Waals surface area (Å²) in [5.74, 6) is 4.87. The van der Waals surface area contributed by atoms with Gasteiger partial charge in [0.25, 0.3) is 0 Å². The zero-order chi connectivity index (χ0) is 10.5. The molecule has 1 saturated heterocycles. The Morgan fingerprint density at radius 3 is 2.20 bits per heavy atom. The number of aryl methyl sites for hydroxylation is 1. The van der Waals surface area contributed by atoms with Gasteiger partial charge in [-0.25, -0.2) is 0 Å². The van der Waals surface area contributed by atoms with Gasteiger partial charge in [0.2, 0.25) is 0 Å². The van der Waals surface area contributed by atoms with Gasteiger partial charge in [0.05, 0.1) is 11.8 Å². The van der Waals surface area contributed by atoms with Gasteiger partial charge in [-0.2, -0.15) is 0 Å². The molecule has 0 radical (unpaired) electrons. The lowest BCUT2D eigenvalue weighted by Gasteiger charge is -2.26. The number of thioether (sulfide) groups is 2. The molecule has 0 aliphatic carbocycles. The van der Waals surface area contributed by atoms with Crippen molar-refractivity contribution in [2.24, 2.45) is 0 Å². The van der Waals surface area contributed by atoms with Crippen LogP contribution in [0.3, 0.4) is 0 Å². The Bertz CT molecular complexity index is 289. The van der Waals surface area contributed by atoms with Gasteiger partial charge in [0.1, 0.15) is 0 Å². The van der Waals surface area contributed by atoms with E-state index >= 15 is 0 Å². The SMILES string of the molecule is Cc1ccc(N2CSCCCSC2)cc1. The molecule has 1 aliphatic heterocycles. The van der Waals surface area contributed by atoms with Gasteiger partial charge >= 0.3 is 0 Å². The molecule has 2 rings (SSSR count). The smallest absolute Gasteiger partial charge is 0.0648 e. The molecular formula is C12H17NS2. The summed E-state index contributed by atoms with van der Waals surface area (Å²) in [7, 11) is 0. The van der Waals surface area contributed by atoms with Crippen LogP contribution in [-0.2, 0) is 0 Å². The molecule has 1 heterocycles. The summed E-state index contributed by atoms with van der Waals surface area (Å²) < 4.78 is 0. The van der Waals surface area contributed by atoms with Crippen molar-refractivity contribution in [1.82, 2.24) is 0 Å². The van der Waals surface area contributed by atoms with Crippen molar-refractivity contribution in [3.05, 3.63) is 29.8 Å². The van der Waals surface area contributed by atoms with E-state index in [1.54, 1.807) is 0 Å². The fourth-order valence-electron chi connectivity index (χ4n) is 1.55. The molecule has 1 nitrogen and oxygen atoms in total. The van der Waals surface area contributed by atoms with Gasteiger partial charge in [-0.15, -0.1) is 23.5 Å². The second-order valence-electron chi connectivity index (χ2n) is 3.80. The van der Waals surface area contributed by atoms with Crippen molar-refractivity contribution in [3.8, 4) is 0 Å². The Labute approximate surface area is 101 Å². The highest BCUT2D eigenvalue weighted by molar-refractivity contribution is 8.00. The van der Waals surface area contributed by atoms with Gasteiger partial charge in [0.15, 0.2) is 0 Å². The summed E-state index contributed by atoms with van der Waals surface area (Å²) in [4.78, 5) is 2.47. The topological polar surface area (TPSA) is 3.24 Å². The number of hydrogen-bond donors (Lipinski definition) is 0. The number of benzene rings is 1. The minimum atomic E-state index is 1.13. The van der Waals surface area contributed by atoms with Gasteiger partial charge in [0, 0.05) is 5.69 Å². The van der Waals surface area contributed by atoms with Crippen molar-refractivity contribution in [1.29, 1.82) is 0 Å². The van der Waals surface area contributed by atoms with E-state index in [0.29, 0.717) is 0 Å². The van der Waals surface area contributed by atoms with E-state index in [4.69, 9.17) is 0 Å². The third kappa shape index (κ3) is 3.35. The molecule has 0 spiro atoms. The van der Waals surface area contributed by atoms with Crippen LogP contribution in [0, 0.1) is 6.92 Å². The summed E-state index contributed by atoms with van der Waals surface area (Å²) in [6, 6.07) is 8.86. The zero-order valence-electron chi connectivity index (χ0n) is 9.11. The lowest BCUT2D eigenvalue weighted by atomic mass is 10.2. The quantitative estimate of drug-likeness (QED) is 0.737. The maximum Gasteiger partial charge on any atom is 0.0648 e. The minimum Gasteiger partial charge on any atom is -0.353 e. The average molecular weight is 239 g/mol. The number of hydrogen-bond acceptors (Lipinski definition) is 3. The summed E-state index contributed by atoms with van der Waals surface area (Å²) in [6.45, 7) is 2.14. The molecule has 0 bridgehead atoms. The monoisotopic (exact) mass is 239 g/mol. The molecule has 15 heavy (non-hydrogen) atoms. The Balaban J connectivity index is 2.03. The van der Waals surface area contributed by atoms with E-state index < -0.39 is 0 Å².